The Morgan fingerprint density at radius 2 is 1.65 bits per heavy atom. The maximum atomic E-state index is 12.3. The van der Waals surface area contributed by atoms with Crippen LogP contribution in [-0.4, -0.2) is 30.8 Å². The summed E-state index contributed by atoms with van der Waals surface area (Å²) in [5.74, 6) is -0.0953. The summed E-state index contributed by atoms with van der Waals surface area (Å²) < 4.78 is 26.9. The smallest absolute Gasteiger partial charge is 0.242 e. The first-order valence-electron chi connectivity index (χ1n) is 8.11. The van der Waals surface area contributed by atoms with E-state index in [9.17, 15) is 13.2 Å². The number of carbonyl (C=O) groups is 1. The molecule has 0 aliphatic rings. The lowest BCUT2D eigenvalue weighted by atomic mass is 10.1. The highest BCUT2D eigenvalue weighted by atomic mass is 32.2. The molecule has 3 N–H and O–H groups in total. The van der Waals surface area contributed by atoms with E-state index >= 15 is 0 Å². The fourth-order valence-electron chi connectivity index (χ4n) is 2.23. The summed E-state index contributed by atoms with van der Waals surface area (Å²) in [6.45, 7) is 7.39. The summed E-state index contributed by atoms with van der Waals surface area (Å²) in [5.41, 5.74) is 8.52. The average molecular weight is 377 g/mol. The van der Waals surface area contributed by atoms with E-state index in [4.69, 9.17) is 0 Å². The normalized spacial score (nSPS) is 11.2. The molecule has 0 unspecified atom stereocenters. The Morgan fingerprint density at radius 1 is 1.00 bits per heavy atom. The molecule has 26 heavy (non-hydrogen) atoms. The van der Waals surface area contributed by atoms with Gasteiger partial charge in [0.15, 0.2) is 0 Å². The third-order valence-electron chi connectivity index (χ3n) is 3.73. The Bertz CT molecular complexity index is 892. The first kappa shape index (κ1) is 19.8. The molecule has 9 heteroatoms. The van der Waals surface area contributed by atoms with Gasteiger partial charge in [-0.05, 0) is 57.0 Å². The van der Waals surface area contributed by atoms with Crippen LogP contribution in [0.15, 0.2) is 29.2 Å². The quantitative estimate of drug-likeness (QED) is 0.631. The van der Waals surface area contributed by atoms with Crippen LogP contribution in [0.2, 0.25) is 0 Å². The van der Waals surface area contributed by atoms with Crippen LogP contribution in [-0.2, 0) is 14.8 Å². The Labute approximate surface area is 153 Å². The molecule has 0 radical (unpaired) electrons. The van der Waals surface area contributed by atoms with Crippen LogP contribution in [0.25, 0.3) is 0 Å². The van der Waals surface area contributed by atoms with Crippen LogP contribution < -0.4 is 15.6 Å². The number of hydrazine groups is 1. The number of hydrogen-bond donors (Lipinski definition) is 3. The summed E-state index contributed by atoms with van der Waals surface area (Å²) in [7, 11) is -3.65. The molecule has 0 atom stereocenters. The lowest BCUT2D eigenvalue weighted by Gasteiger charge is -2.10. The van der Waals surface area contributed by atoms with Gasteiger partial charge in [-0.2, -0.15) is 0 Å². The fourth-order valence-corrected chi connectivity index (χ4v) is 3.35. The molecule has 0 saturated heterocycles. The van der Waals surface area contributed by atoms with Crippen molar-refractivity contribution in [2.75, 3.05) is 12.0 Å². The predicted octanol–water partition coefficient (Wildman–Crippen LogP) is 1.52. The molecule has 8 nitrogen and oxygen atoms in total. The SMILES string of the molecule is Cc1cc(C)nc(NNC(=O)CCNS(=O)(=O)c2ccc(C)c(C)c2)n1. The number of nitrogens with zero attached hydrogens (tertiary/aromatic N) is 2. The van der Waals surface area contributed by atoms with Crippen LogP contribution in [0.5, 0.6) is 0 Å². The van der Waals surface area contributed by atoms with Crippen molar-refractivity contribution in [1.82, 2.24) is 20.1 Å². The molecule has 1 aromatic carbocycles. The molecule has 1 heterocycles. The van der Waals surface area contributed by atoms with Crippen molar-refractivity contribution in [1.29, 1.82) is 0 Å². The number of amides is 1. The monoisotopic (exact) mass is 377 g/mol. The lowest BCUT2D eigenvalue weighted by molar-refractivity contribution is -0.120. The summed E-state index contributed by atoms with van der Waals surface area (Å²) in [6, 6.07) is 6.72. The molecular formula is C17H23N5O3S. The van der Waals surface area contributed by atoms with Gasteiger partial charge < -0.3 is 0 Å². The van der Waals surface area contributed by atoms with Crippen molar-refractivity contribution in [2.24, 2.45) is 0 Å². The van der Waals surface area contributed by atoms with Crippen molar-refractivity contribution in [3.05, 3.63) is 46.8 Å². The third-order valence-corrected chi connectivity index (χ3v) is 5.19. The minimum atomic E-state index is -3.65. The molecule has 1 amide bonds. The van der Waals surface area contributed by atoms with Crippen LogP contribution in [0, 0.1) is 27.7 Å². The van der Waals surface area contributed by atoms with E-state index in [2.05, 4.69) is 25.5 Å². The van der Waals surface area contributed by atoms with Gasteiger partial charge in [0.25, 0.3) is 0 Å². The van der Waals surface area contributed by atoms with Gasteiger partial charge in [0.1, 0.15) is 0 Å². The van der Waals surface area contributed by atoms with E-state index in [0.29, 0.717) is 0 Å². The average Bonchev–Trinajstić information content (AvgIpc) is 2.54. The minimum absolute atomic E-state index is 0.0174. The van der Waals surface area contributed by atoms with Crippen molar-refractivity contribution >= 4 is 21.9 Å². The van der Waals surface area contributed by atoms with E-state index in [0.717, 1.165) is 22.5 Å². The van der Waals surface area contributed by atoms with Gasteiger partial charge in [-0.15, -0.1) is 0 Å². The largest absolute Gasteiger partial charge is 0.273 e. The van der Waals surface area contributed by atoms with E-state index < -0.39 is 10.0 Å². The van der Waals surface area contributed by atoms with E-state index in [1.807, 2.05) is 33.8 Å². The summed E-state index contributed by atoms with van der Waals surface area (Å²) in [4.78, 5) is 20.3. The number of benzene rings is 1. The standard InChI is InChI=1S/C17H23N5O3S/c1-11-5-6-15(9-12(11)2)26(24,25)18-8-7-16(23)21-22-17-19-13(3)10-14(4)20-17/h5-6,9-10,18H,7-8H2,1-4H3,(H,21,23)(H,19,20,22). The summed E-state index contributed by atoms with van der Waals surface area (Å²) in [6.07, 6.45) is -0.0259. The van der Waals surface area contributed by atoms with E-state index in [-0.39, 0.29) is 29.7 Å². The zero-order valence-electron chi connectivity index (χ0n) is 15.3. The lowest BCUT2D eigenvalue weighted by Crippen LogP contribution is -2.34. The molecule has 0 bridgehead atoms. The second-order valence-electron chi connectivity index (χ2n) is 6.04. The van der Waals surface area contributed by atoms with Crippen molar-refractivity contribution in [3.8, 4) is 0 Å². The minimum Gasteiger partial charge on any atom is -0.273 e. The number of rotatable bonds is 7. The van der Waals surface area contributed by atoms with Crippen LogP contribution in [0.3, 0.4) is 0 Å². The Morgan fingerprint density at radius 3 is 2.27 bits per heavy atom. The van der Waals surface area contributed by atoms with Crippen LogP contribution in [0.1, 0.15) is 28.9 Å². The second kappa shape index (κ2) is 8.24. The summed E-state index contributed by atoms with van der Waals surface area (Å²) >= 11 is 0. The van der Waals surface area contributed by atoms with E-state index in [1.165, 1.54) is 0 Å². The van der Waals surface area contributed by atoms with Gasteiger partial charge in [-0.25, -0.2) is 23.1 Å². The topological polar surface area (TPSA) is 113 Å². The summed E-state index contributed by atoms with van der Waals surface area (Å²) in [5, 5.41) is 0. The second-order valence-corrected chi connectivity index (χ2v) is 7.81. The molecule has 2 aromatic rings. The number of aromatic nitrogens is 2. The molecule has 0 fully saturated rings. The number of sulfonamides is 1. The molecule has 0 aliphatic heterocycles. The van der Waals surface area contributed by atoms with Crippen LogP contribution >= 0.6 is 0 Å². The maximum absolute atomic E-state index is 12.3. The van der Waals surface area contributed by atoms with Gasteiger partial charge in [0.05, 0.1) is 4.90 Å². The van der Waals surface area contributed by atoms with E-state index in [1.54, 1.807) is 18.2 Å². The Hall–Kier alpha value is -2.52. The van der Waals surface area contributed by atoms with Crippen molar-refractivity contribution in [2.45, 2.75) is 39.0 Å². The zero-order chi connectivity index (χ0) is 19.3. The number of anilines is 1. The molecule has 140 valence electrons. The van der Waals surface area contributed by atoms with Gasteiger partial charge in [-0.3, -0.25) is 15.6 Å². The number of hydrogen-bond acceptors (Lipinski definition) is 6. The number of nitrogens with one attached hydrogen (secondary N) is 3. The van der Waals surface area contributed by atoms with Gasteiger partial charge in [-0.1, -0.05) is 6.07 Å². The van der Waals surface area contributed by atoms with Crippen LogP contribution in [0.4, 0.5) is 5.95 Å². The fraction of sp³-hybridized carbons (Fsp3) is 0.353. The highest BCUT2D eigenvalue weighted by Crippen LogP contribution is 2.14. The first-order chi connectivity index (χ1) is 12.2. The molecule has 0 spiro atoms. The molecular weight excluding hydrogens is 354 g/mol. The van der Waals surface area contributed by atoms with Gasteiger partial charge in [0.2, 0.25) is 21.9 Å². The highest BCUT2D eigenvalue weighted by molar-refractivity contribution is 7.89. The van der Waals surface area contributed by atoms with Crippen molar-refractivity contribution in [3.63, 3.8) is 0 Å². The first-order valence-corrected chi connectivity index (χ1v) is 9.60. The zero-order valence-corrected chi connectivity index (χ0v) is 16.1. The van der Waals surface area contributed by atoms with Gasteiger partial charge >= 0.3 is 0 Å². The molecule has 1 aromatic heterocycles. The predicted molar refractivity (Wildman–Crippen MR) is 99.0 cm³/mol. The number of carbonyl (C=O) groups excluding carboxylic acids is 1. The third kappa shape index (κ3) is 5.50. The molecule has 0 aliphatic carbocycles. The number of aryl methyl sites for hydroxylation is 4. The maximum Gasteiger partial charge on any atom is 0.242 e. The molecule has 2 rings (SSSR count). The molecule has 0 saturated carbocycles. The van der Waals surface area contributed by atoms with Gasteiger partial charge in [0, 0.05) is 24.4 Å². The Balaban J connectivity index is 1.84. The highest BCUT2D eigenvalue weighted by Gasteiger charge is 2.15. The Kier molecular flexibility index (Phi) is 6.27. The van der Waals surface area contributed by atoms with Crippen molar-refractivity contribution < 1.29 is 13.2 Å².